The zero-order valence-corrected chi connectivity index (χ0v) is 9.81. The van der Waals surface area contributed by atoms with E-state index < -0.39 is 0 Å². The van der Waals surface area contributed by atoms with Crippen LogP contribution in [0.15, 0.2) is 0 Å². The van der Waals surface area contributed by atoms with Gasteiger partial charge in [0, 0.05) is 23.5 Å². The smallest absolute Gasteiger partial charge is 0.202 e. The van der Waals surface area contributed by atoms with E-state index in [0.717, 1.165) is 30.3 Å². The van der Waals surface area contributed by atoms with Gasteiger partial charge in [0.2, 0.25) is 5.13 Å². The van der Waals surface area contributed by atoms with Crippen molar-refractivity contribution >= 4 is 16.7 Å². The molecule has 0 bridgehead atoms. The van der Waals surface area contributed by atoms with Crippen LogP contribution < -0.4 is 5.32 Å². The normalized spacial score (nSPS) is 19.3. The first-order valence-corrected chi connectivity index (χ1v) is 6.16. The van der Waals surface area contributed by atoms with Gasteiger partial charge < -0.3 is 10.4 Å². The van der Waals surface area contributed by atoms with Gasteiger partial charge in [0.15, 0.2) is 0 Å². The van der Waals surface area contributed by atoms with E-state index in [9.17, 15) is 5.11 Å². The van der Waals surface area contributed by atoms with Crippen LogP contribution in [-0.4, -0.2) is 27.6 Å². The standard InChI is InChI=1S/C10H17N3OS/c1-8-12-9(15-13-8)11-6-10(7-14)4-2-3-5-10/h14H,2-7H2,1H3,(H,11,12,13). The minimum atomic E-state index is 0.0829. The molecular formula is C10H17N3OS. The summed E-state index contributed by atoms with van der Waals surface area (Å²) < 4.78 is 4.12. The van der Waals surface area contributed by atoms with Crippen molar-refractivity contribution in [1.82, 2.24) is 9.36 Å². The molecule has 1 saturated carbocycles. The lowest BCUT2D eigenvalue weighted by Gasteiger charge is -2.26. The van der Waals surface area contributed by atoms with Crippen LogP contribution in [0.1, 0.15) is 31.5 Å². The van der Waals surface area contributed by atoms with Crippen LogP contribution in [0.3, 0.4) is 0 Å². The average Bonchev–Trinajstić information content (AvgIpc) is 2.85. The summed E-state index contributed by atoms with van der Waals surface area (Å²) in [5.41, 5.74) is 0.0829. The zero-order chi connectivity index (χ0) is 10.7. The van der Waals surface area contributed by atoms with Gasteiger partial charge in [-0.25, -0.2) is 4.98 Å². The van der Waals surface area contributed by atoms with Gasteiger partial charge in [-0.15, -0.1) is 0 Å². The minimum absolute atomic E-state index is 0.0829. The number of hydrogen-bond donors (Lipinski definition) is 2. The molecule has 84 valence electrons. The van der Waals surface area contributed by atoms with E-state index >= 15 is 0 Å². The van der Waals surface area contributed by atoms with Crippen LogP contribution in [0.5, 0.6) is 0 Å². The maximum Gasteiger partial charge on any atom is 0.202 e. The summed E-state index contributed by atoms with van der Waals surface area (Å²) in [4.78, 5) is 4.25. The fourth-order valence-corrected chi connectivity index (χ4v) is 2.72. The summed E-state index contributed by atoms with van der Waals surface area (Å²) in [7, 11) is 0. The number of nitrogens with one attached hydrogen (secondary N) is 1. The molecular weight excluding hydrogens is 210 g/mol. The number of aliphatic hydroxyl groups excluding tert-OH is 1. The number of hydrogen-bond acceptors (Lipinski definition) is 5. The van der Waals surface area contributed by atoms with Crippen LogP contribution >= 0.6 is 11.5 Å². The van der Waals surface area contributed by atoms with Crippen molar-refractivity contribution in [2.75, 3.05) is 18.5 Å². The highest BCUT2D eigenvalue weighted by molar-refractivity contribution is 7.09. The molecule has 4 nitrogen and oxygen atoms in total. The molecule has 1 aromatic rings. The molecule has 2 rings (SSSR count). The fraction of sp³-hybridized carbons (Fsp3) is 0.800. The molecule has 0 spiro atoms. The molecule has 15 heavy (non-hydrogen) atoms. The third-order valence-electron chi connectivity index (χ3n) is 3.14. The molecule has 1 heterocycles. The second-order valence-electron chi connectivity index (χ2n) is 4.37. The Kier molecular flexibility index (Phi) is 3.21. The van der Waals surface area contributed by atoms with Crippen molar-refractivity contribution in [2.45, 2.75) is 32.6 Å². The molecule has 1 aliphatic rings. The van der Waals surface area contributed by atoms with Gasteiger partial charge in [0.05, 0.1) is 6.61 Å². The first-order chi connectivity index (χ1) is 7.24. The van der Waals surface area contributed by atoms with Crippen LogP contribution in [0.4, 0.5) is 5.13 Å². The second kappa shape index (κ2) is 4.45. The molecule has 0 radical (unpaired) electrons. The quantitative estimate of drug-likeness (QED) is 0.823. The van der Waals surface area contributed by atoms with E-state index in [1.807, 2.05) is 6.92 Å². The van der Waals surface area contributed by atoms with Crippen molar-refractivity contribution in [3.63, 3.8) is 0 Å². The Bertz CT molecular complexity index is 320. The average molecular weight is 227 g/mol. The number of anilines is 1. The second-order valence-corrected chi connectivity index (χ2v) is 5.12. The van der Waals surface area contributed by atoms with E-state index in [2.05, 4.69) is 14.7 Å². The van der Waals surface area contributed by atoms with Crippen molar-refractivity contribution < 1.29 is 5.11 Å². The Morgan fingerprint density at radius 1 is 1.47 bits per heavy atom. The van der Waals surface area contributed by atoms with Crippen LogP contribution in [0, 0.1) is 12.3 Å². The highest BCUT2D eigenvalue weighted by atomic mass is 32.1. The molecule has 0 aromatic carbocycles. The van der Waals surface area contributed by atoms with Gasteiger partial charge in [0.25, 0.3) is 0 Å². The topological polar surface area (TPSA) is 58.0 Å². The lowest BCUT2D eigenvalue weighted by Crippen LogP contribution is -2.30. The fourth-order valence-electron chi connectivity index (χ4n) is 2.15. The van der Waals surface area contributed by atoms with Crippen LogP contribution in [0.25, 0.3) is 0 Å². The number of rotatable bonds is 4. The lowest BCUT2D eigenvalue weighted by atomic mass is 9.87. The van der Waals surface area contributed by atoms with E-state index in [1.54, 1.807) is 0 Å². The van der Waals surface area contributed by atoms with E-state index in [4.69, 9.17) is 0 Å². The summed E-state index contributed by atoms with van der Waals surface area (Å²) in [5.74, 6) is 0.812. The highest BCUT2D eigenvalue weighted by Gasteiger charge is 2.33. The molecule has 0 amide bonds. The van der Waals surface area contributed by atoms with Crippen molar-refractivity contribution in [1.29, 1.82) is 0 Å². The number of nitrogens with zero attached hydrogens (tertiary/aromatic N) is 2. The first kappa shape index (κ1) is 10.8. The Morgan fingerprint density at radius 2 is 2.20 bits per heavy atom. The van der Waals surface area contributed by atoms with Crippen LogP contribution in [-0.2, 0) is 0 Å². The van der Waals surface area contributed by atoms with E-state index in [1.165, 1.54) is 24.4 Å². The monoisotopic (exact) mass is 227 g/mol. The largest absolute Gasteiger partial charge is 0.396 e. The molecule has 0 unspecified atom stereocenters. The zero-order valence-electron chi connectivity index (χ0n) is 8.99. The Labute approximate surface area is 93.9 Å². The number of aryl methyl sites for hydroxylation is 1. The summed E-state index contributed by atoms with van der Waals surface area (Å²) in [6.45, 7) is 2.98. The molecule has 1 fully saturated rings. The predicted octanol–water partition coefficient (Wildman–Crippen LogP) is 1.81. The summed E-state index contributed by atoms with van der Waals surface area (Å²) >= 11 is 1.39. The maximum atomic E-state index is 9.43. The van der Waals surface area contributed by atoms with Crippen molar-refractivity contribution in [3.8, 4) is 0 Å². The summed E-state index contributed by atoms with van der Waals surface area (Å²) in [6.07, 6.45) is 4.71. The van der Waals surface area contributed by atoms with E-state index in [0.29, 0.717) is 0 Å². The lowest BCUT2D eigenvalue weighted by molar-refractivity contribution is 0.142. The maximum absolute atomic E-state index is 9.43. The summed E-state index contributed by atoms with van der Waals surface area (Å²) in [5, 5.41) is 13.6. The first-order valence-electron chi connectivity index (χ1n) is 5.39. The van der Waals surface area contributed by atoms with Gasteiger partial charge in [-0.1, -0.05) is 12.8 Å². The Hall–Kier alpha value is -0.680. The third-order valence-corrected chi connectivity index (χ3v) is 3.91. The van der Waals surface area contributed by atoms with Gasteiger partial charge in [-0.05, 0) is 19.8 Å². The van der Waals surface area contributed by atoms with Gasteiger partial charge in [-0.2, -0.15) is 4.37 Å². The number of aliphatic hydroxyl groups is 1. The molecule has 1 aromatic heterocycles. The molecule has 1 aliphatic carbocycles. The van der Waals surface area contributed by atoms with E-state index in [-0.39, 0.29) is 12.0 Å². The summed E-state index contributed by atoms with van der Waals surface area (Å²) in [6, 6.07) is 0. The van der Waals surface area contributed by atoms with Crippen molar-refractivity contribution in [2.24, 2.45) is 5.41 Å². The van der Waals surface area contributed by atoms with Crippen molar-refractivity contribution in [3.05, 3.63) is 5.82 Å². The van der Waals surface area contributed by atoms with Gasteiger partial charge >= 0.3 is 0 Å². The predicted molar refractivity (Wildman–Crippen MR) is 61.1 cm³/mol. The molecule has 0 atom stereocenters. The highest BCUT2D eigenvalue weighted by Crippen LogP contribution is 2.37. The molecule has 5 heteroatoms. The Morgan fingerprint density at radius 3 is 2.73 bits per heavy atom. The molecule has 0 saturated heterocycles. The number of aromatic nitrogens is 2. The SMILES string of the molecule is Cc1nsc(NCC2(CO)CCCC2)n1. The van der Waals surface area contributed by atoms with Gasteiger partial charge in [-0.3, -0.25) is 0 Å². The van der Waals surface area contributed by atoms with Crippen LogP contribution in [0.2, 0.25) is 0 Å². The molecule has 0 aliphatic heterocycles. The Balaban J connectivity index is 1.91. The third kappa shape index (κ3) is 2.46. The van der Waals surface area contributed by atoms with Gasteiger partial charge in [0.1, 0.15) is 5.82 Å². The minimum Gasteiger partial charge on any atom is -0.396 e. The molecule has 2 N–H and O–H groups in total.